The van der Waals surface area contributed by atoms with Crippen LogP contribution in [0.25, 0.3) is 10.9 Å². The maximum absolute atomic E-state index is 13.4. The van der Waals surface area contributed by atoms with Crippen molar-refractivity contribution in [3.8, 4) is 5.75 Å². The molecule has 19 heavy (non-hydrogen) atoms. The third kappa shape index (κ3) is 2.42. The molecule has 0 bridgehead atoms. The monoisotopic (exact) mass is 259 g/mol. The highest BCUT2D eigenvalue weighted by Crippen LogP contribution is 2.20. The summed E-state index contributed by atoms with van der Waals surface area (Å²) in [5.74, 6) is -0.481. The van der Waals surface area contributed by atoms with Gasteiger partial charge >= 0.3 is 0 Å². The summed E-state index contributed by atoms with van der Waals surface area (Å²) in [6, 6.07) is 12.5. The molecule has 0 aliphatic carbocycles. The average Bonchev–Trinajstić information content (AvgIpc) is 2.79. The fourth-order valence-corrected chi connectivity index (χ4v) is 1.96. The SMILES string of the molecule is Fc1ccc2[nH]c(COc3ccccc3F)cc2c1. The highest BCUT2D eigenvalue weighted by atomic mass is 19.1. The Morgan fingerprint density at radius 3 is 2.68 bits per heavy atom. The van der Waals surface area contributed by atoms with Crippen molar-refractivity contribution in [1.29, 1.82) is 0 Å². The Morgan fingerprint density at radius 2 is 1.84 bits per heavy atom. The summed E-state index contributed by atoms with van der Waals surface area (Å²) >= 11 is 0. The quantitative estimate of drug-likeness (QED) is 0.754. The van der Waals surface area contributed by atoms with Gasteiger partial charge in [0.1, 0.15) is 12.4 Å². The average molecular weight is 259 g/mol. The molecule has 0 spiro atoms. The lowest BCUT2D eigenvalue weighted by Gasteiger charge is -2.05. The summed E-state index contributed by atoms with van der Waals surface area (Å²) in [5.41, 5.74) is 1.59. The number of benzene rings is 2. The molecule has 96 valence electrons. The van der Waals surface area contributed by atoms with Gasteiger partial charge in [0.05, 0.1) is 5.69 Å². The molecule has 3 aromatic rings. The van der Waals surface area contributed by atoms with Gasteiger partial charge in [0.2, 0.25) is 0 Å². The summed E-state index contributed by atoms with van der Waals surface area (Å²) in [7, 11) is 0. The summed E-state index contributed by atoms with van der Waals surface area (Å²) in [4.78, 5) is 3.10. The van der Waals surface area contributed by atoms with Crippen molar-refractivity contribution in [2.75, 3.05) is 0 Å². The van der Waals surface area contributed by atoms with Crippen LogP contribution in [0.15, 0.2) is 48.5 Å². The maximum atomic E-state index is 13.4. The molecule has 1 aromatic heterocycles. The van der Waals surface area contributed by atoms with Crippen molar-refractivity contribution < 1.29 is 13.5 Å². The summed E-state index contributed by atoms with van der Waals surface area (Å²) < 4.78 is 31.8. The minimum Gasteiger partial charge on any atom is -0.484 e. The first-order valence-corrected chi connectivity index (χ1v) is 5.87. The van der Waals surface area contributed by atoms with Gasteiger partial charge in [-0.1, -0.05) is 12.1 Å². The van der Waals surface area contributed by atoms with Crippen LogP contribution >= 0.6 is 0 Å². The number of H-pyrrole nitrogens is 1. The number of ether oxygens (including phenoxy) is 1. The first-order chi connectivity index (χ1) is 9.22. The van der Waals surface area contributed by atoms with E-state index in [4.69, 9.17) is 4.74 Å². The van der Waals surface area contributed by atoms with Crippen molar-refractivity contribution in [2.45, 2.75) is 6.61 Å². The van der Waals surface area contributed by atoms with E-state index in [-0.39, 0.29) is 18.2 Å². The van der Waals surface area contributed by atoms with Gasteiger partial charge in [-0.2, -0.15) is 0 Å². The van der Waals surface area contributed by atoms with Gasteiger partial charge in [-0.3, -0.25) is 0 Å². The molecule has 0 saturated carbocycles. The van der Waals surface area contributed by atoms with E-state index in [9.17, 15) is 8.78 Å². The minimum absolute atomic E-state index is 0.201. The largest absolute Gasteiger partial charge is 0.484 e. The molecular formula is C15H11F2NO. The van der Waals surface area contributed by atoms with Crippen molar-refractivity contribution in [3.63, 3.8) is 0 Å². The van der Waals surface area contributed by atoms with Gasteiger partial charge in [-0.05, 0) is 36.4 Å². The van der Waals surface area contributed by atoms with Gasteiger partial charge in [0.15, 0.2) is 11.6 Å². The molecule has 0 amide bonds. The molecule has 0 radical (unpaired) electrons. The lowest BCUT2D eigenvalue weighted by molar-refractivity contribution is 0.287. The number of rotatable bonds is 3. The van der Waals surface area contributed by atoms with Crippen molar-refractivity contribution in [3.05, 3.63) is 65.9 Å². The molecule has 0 saturated heterocycles. The second-order valence-corrected chi connectivity index (χ2v) is 4.25. The third-order valence-corrected chi connectivity index (χ3v) is 2.86. The van der Waals surface area contributed by atoms with Crippen molar-refractivity contribution in [1.82, 2.24) is 4.98 Å². The fourth-order valence-electron chi connectivity index (χ4n) is 1.96. The predicted molar refractivity (Wildman–Crippen MR) is 69.0 cm³/mol. The second kappa shape index (κ2) is 4.72. The number of nitrogens with one attached hydrogen (secondary N) is 1. The van der Waals surface area contributed by atoms with E-state index in [1.165, 1.54) is 18.2 Å². The van der Waals surface area contributed by atoms with E-state index in [2.05, 4.69) is 4.98 Å². The third-order valence-electron chi connectivity index (χ3n) is 2.86. The molecule has 1 heterocycles. The van der Waals surface area contributed by atoms with Crippen LogP contribution < -0.4 is 4.74 Å². The Morgan fingerprint density at radius 1 is 1.00 bits per heavy atom. The van der Waals surface area contributed by atoms with Gasteiger partial charge < -0.3 is 9.72 Å². The minimum atomic E-state index is -0.398. The second-order valence-electron chi connectivity index (χ2n) is 4.25. The zero-order valence-corrected chi connectivity index (χ0v) is 9.99. The smallest absolute Gasteiger partial charge is 0.165 e. The summed E-state index contributed by atoms with van der Waals surface area (Å²) in [6.45, 7) is 0.206. The Hall–Kier alpha value is -2.36. The number of para-hydroxylation sites is 1. The van der Waals surface area contributed by atoms with Gasteiger partial charge in [-0.25, -0.2) is 8.78 Å². The first-order valence-electron chi connectivity index (χ1n) is 5.87. The Labute approximate surface area is 108 Å². The molecule has 0 aliphatic heterocycles. The lowest BCUT2D eigenvalue weighted by Crippen LogP contribution is -1.97. The molecule has 0 aliphatic rings. The Balaban J connectivity index is 1.80. The van der Waals surface area contributed by atoms with Crippen LogP contribution in [0.4, 0.5) is 8.78 Å². The zero-order valence-electron chi connectivity index (χ0n) is 9.99. The van der Waals surface area contributed by atoms with E-state index >= 15 is 0 Å². The van der Waals surface area contributed by atoms with Gasteiger partial charge in [-0.15, -0.1) is 0 Å². The van der Waals surface area contributed by atoms with E-state index < -0.39 is 5.82 Å². The highest BCUT2D eigenvalue weighted by Gasteiger charge is 2.05. The summed E-state index contributed by atoms with van der Waals surface area (Å²) in [6.07, 6.45) is 0. The molecule has 0 fully saturated rings. The van der Waals surface area contributed by atoms with Crippen molar-refractivity contribution in [2.24, 2.45) is 0 Å². The van der Waals surface area contributed by atoms with Gasteiger partial charge in [0.25, 0.3) is 0 Å². The summed E-state index contributed by atoms with van der Waals surface area (Å²) in [5, 5.41) is 0.770. The van der Waals surface area contributed by atoms with E-state index in [0.29, 0.717) is 0 Å². The van der Waals surface area contributed by atoms with Gasteiger partial charge in [0, 0.05) is 10.9 Å². The molecule has 3 rings (SSSR count). The standard InChI is InChI=1S/C15H11F2NO/c16-11-5-6-14-10(7-11)8-12(18-14)9-19-15-4-2-1-3-13(15)17/h1-8,18H,9H2. The number of halogens is 2. The highest BCUT2D eigenvalue weighted by molar-refractivity contribution is 5.80. The molecular weight excluding hydrogens is 248 g/mol. The van der Waals surface area contributed by atoms with Crippen LogP contribution in [0.2, 0.25) is 0 Å². The molecule has 4 heteroatoms. The predicted octanol–water partition coefficient (Wildman–Crippen LogP) is 4.03. The normalized spacial score (nSPS) is 10.8. The molecule has 0 atom stereocenters. The number of hydrogen-bond acceptors (Lipinski definition) is 1. The van der Waals surface area contributed by atoms with E-state index in [0.717, 1.165) is 16.6 Å². The molecule has 2 aromatic carbocycles. The maximum Gasteiger partial charge on any atom is 0.165 e. The molecule has 0 unspecified atom stereocenters. The van der Waals surface area contributed by atoms with Crippen LogP contribution in [0.3, 0.4) is 0 Å². The van der Waals surface area contributed by atoms with Crippen LogP contribution in [0.5, 0.6) is 5.75 Å². The first kappa shape index (κ1) is 11.7. The number of hydrogen-bond donors (Lipinski definition) is 1. The van der Waals surface area contributed by atoms with Crippen LogP contribution in [-0.2, 0) is 6.61 Å². The van der Waals surface area contributed by atoms with Crippen LogP contribution in [-0.4, -0.2) is 4.98 Å². The fraction of sp³-hybridized carbons (Fsp3) is 0.0667. The lowest BCUT2D eigenvalue weighted by atomic mass is 10.2. The van der Waals surface area contributed by atoms with Crippen molar-refractivity contribution >= 4 is 10.9 Å². The Kier molecular flexibility index (Phi) is 2.91. The zero-order chi connectivity index (χ0) is 13.2. The number of aromatic amines is 1. The number of aromatic nitrogens is 1. The van der Waals surface area contributed by atoms with E-state index in [1.807, 2.05) is 0 Å². The van der Waals surface area contributed by atoms with Crippen LogP contribution in [0.1, 0.15) is 5.69 Å². The van der Waals surface area contributed by atoms with E-state index in [1.54, 1.807) is 30.3 Å². The topological polar surface area (TPSA) is 25.0 Å². The number of fused-ring (bicyclic) bond motifs is 1. The molecule has 2 nitrogen and oxygen atoms in total. The Bertz CT molecular complexity index is 721. The molecule has 1 N–H and O–H groups in total. The van der Waals surface area contributed by atoms with Crippen LogP contribution in [0, 0.1) is 11.6 Å².